The summed E-state index contributed by atoms with van der Waals surface area (Å²) in [6, 6.07) is 16.9. The minimum absolute atomic E-state index is 0.00466. The molecule has 0 heterocycles. The smallest absolute Gasteiger partial charge is 0.323 e. The van der Waals surface area contributed by atoms with Crippen molar-refractivity contribution in [3.8, 4) is 5.75 Å². The number of ether oxygens (including phenoxy) is 3. The zero-order valence-corrected chi connectivity index (χ0v) is 18.4. The van der Waals surface area contributed by atoms with E-state index in [4.69, 9.17) is 14.2 Å². The van der Waals surface area contributed by atoms with Crippen LogP contribution in [0.1, 0.15) is 31.9 Å². The number of benzene rings is 2. The average Bonchev–Trinajstić information content (AvgIpc) is 2.70. The van der Waals surface area contributed by atoms with Gasteiger partial charge < -0.3 is 14.2 Å². The van der Waals surface area contributed by atoms with Crippen molar-refractivity contribution >= 4 is 11.9 Å². The van der Waals surface area contributed by atoms with Crippen molar-refractivity contribution in [1.82, 2.24) is 4.90 Å². The fourth-order valence-corrected chi connectivity index (χ4v) is 2.93. The Morgan fingerprint density at radius 1 is 0.967 bits per heavy atom. The Balaban J connectivity index is 1.98. The van der Waals surface area contributed by atoms with Gasteiger partial charge in [-0.15, -0.1) is 0 Å². The minimum Gasteiger partial charge on any atom is -0.489 e. The van der Waals surface area contributed by atoms with Crippen LogP contribution in [0.25, 0.3) is 0 Å². The van der Waals surface area contributed by atoms with E-state index in [1.165, 1.54) is 7.11 Å². The van der Waals surface area contributed by atoms with Gasteiger partial charge in [-0.3, -0.25) is 14.5 Å². The van der Waals surface area contributed by atoms with E-state index < -0.39 is 17.6 Å². The Labute approximate surface area is 178 Å². The van der Waals surface area contributed by atoms with Crippen LogP contribution in [-0.2, 0) is 32.1 Å². The number of carbonyl (C=O) groups is 2. The maximum Gasteiger partial charge on any atom is 0.323 e. The second kappa shape index (κ2) is 10.8. The summed E-state index contributed by atoms with van der Waals surface area (Å²) < 4.78 is 16.1. The average molecular weight is 414 g/mol. The van der Waals surface area contributed by atoms with Crippen LogP contribution < -0.4 is 4.74 Å². The Morgan fingerprint density at radius 2 is 1.60 bits per heavy atom. The molecule has 6 heteroatoms. The lowest BCUT2D eigenvalue weighted by molar-refractivity contribution is -0.158. The second-order valence-electron chi connectivity index (χ2n) is 8.16. The molecule has 0 amide bonds. The van der Waals surface area contributed by atoms with E-state index in [9.17, 15) is 9.59 Å². The molecular formula is C24H31NO5. The Hall–Kier alpha value is -2.86. The number of nitrogens with zero attached hydrogens (tertiary/aromatic N) is 1. The van der Waals surface area contributed by atoms with Crippen molar-refractivity contribution < 1.29 is 23.8 Å². The summed E-state index contributed by atoms with van der Waals surface area (Å²) >= 11 is 0. The van der Waals surface area contributed by atoms with Crippen LogP contribution in [0.15, 0.2) is 54.6 Å². The summed E-state index contributed by atoms with van der Waals surface area (Å²) in [4.78, 5) is 26.1. The topological polar surface area (TPSA) is 65.1 Å². The largest absolute Gasteiger partial charge is 0.489 e. The molecule has 0 bridgehead atoms. The number of likely N-dealkylation sites (N-methyl/N-ethyl adjacent to an activating group) is 1. The van der Waals surface area contributed by atoms with Crippen LogP contribution in [-0.4, -0.2) is 49.2 Å². The number of rotatable bonds is 9. The van der Waals surface area contributed by atoms with Crippen LogP contribution in [0.3, 0.4) is 0 Å². The van der Waals surface area contributed by atoms with Gasteiger partial charge in [0, 0.05) is 0 Å². The van der Waals surface area contributed by atoms with E-state index in [-0.39, 0.29) is 12.5 Å². The van der Waals surface area contributed by atoms with Crippen molar-refractivity contribution in [3.05, 3.63) is 65.7 Å². The van der Waals surface area contributed by atoms with Gasteiger partial charge in [0.2, 0.25) is 0 Å². The molecule has 0 fully saturated rings. The summed E-state index contributed by atoms with van der Waals surface area (Å²) in [5, 5.41) is 0. The van der Waals surface area contributed by atoms with Gasteiger partial charge in [-0.05, 0) is 57.5 Å². The first-order valence-corrected chi connectivity index (χ1v) is 9.93. The highest BCUT2D eigenvalue weighted by molar-refractivity contribution is 5.78. The minimum atomic E-state index is -0.599. The molecule has 2 aromatic rings. The number of methoxy groups -OCH3 is 1. The highest BCUT2D eigenvalue weighted by Gasteiger charge is 2.27. The number of hydrogen-bond donors (Lipinski definition) is 0. The molecular weight excluding hydrogens is 382 g/mol. The number of carbonyl (C=O) groups excluding carboxylic acids is 2. The van der Waals surface area contributed by atoms with E-state index >= 15 is 0 Å². The molecule has 0 saturated carbocycles. The van der Waals surface area contributed by atoms with E-state index in [1.807, 2.05) is 75.4 Å². The lowest BCUT2D eigenvalue weighted by atomic mass is 10.0. The van der Waals surface area contributed by atoms with Gasteiger partial charge in [-0.1, -0.05) is 42.5 Å². The van der Waals surface area contributed by atoms with Crippen LogP contribution in [0, 0.1) is 0 Å². The maximum atomic E-state index is 12.3. The lowest BCUT2D eigenvalue weighted by Crippen LogP contribution is -2.44. The van der Waals surface area contributed by atoms with Gasteiger partial charge >= 0.3 is 11.9 Å². The van der Waals surface area contributed by atoms with Gasteiger partial charge in [0.25, 0.3) is 0 Å². The zero-order valence-electron chi connectivity index (χ0n) is 18.4. The van der Waals surface area contributed by atoms with Gasteiger partial charge in [-0.25, -0.2) is 0 Å². The normalized spacial score (nSPS) is 12.3. The molecule has 0 aliphatic carbocycles. The molecule has 0 aliphatic rings. The van der Waals surface area contributed by atoms with E-state index in [0.29, 0.717) is 13.0 Å². The fourth-order valence-electron chi connectivity index (χ4n) is 2.93. The first-order chi connectivity index (χ1) is 14.2. The molecule has 0 aliphatic heterocycles. The standard InChI is InChI=1S/C24H31NO5/c1-24(2,3)30-22(26)16-25(4)21(23(27)28-5)15-18-11-13-20(14-12-18)29-17-19-9-7-6-8-10-19/h6-14,21H,15-17H2,1-5H3/t21-/m0/s1. The summed E-state index contributed by atoms with van der Waals surface area (Å²) in [7, 11) is 3.06. The molecule has 0 saturated heterocycles. The van der Waals surface area contributed by atoms with Crippen LogP contribution in [0.2, 0.25) is 0 Å². The van der Waals surface area contributed by atoms with Gasteiger partial charge in [0.05, 0.1) is 13.7 Å². The molecule has 0 radical (unpaired) electrons. The molecule has 0 N–H and O–H groups in total. The van der Waals surface area contributed by atoms with Crippen molar-refractivity contribution in [2.24, 2.45) is 0 Å². The predicted molar refractivity (Wildman–Crippen MR) is 115 cm³/mol. The molecule has 0 unspecified atom stereocenters. The van der Waals surface area contributed by atoms with Crippen LogP contribution >= 0.6 is 0 Å². The lowest BCUT2D eigenvalue weighted by Gasteiger charge is -2.27. The molecule has 2 rings (SSSR count). The van der Waals surface area contributed by atoms with Gasteiger partial charge in [0.15, 0.2) is 0 Å². The molecule has 6 nitrogen and oxygen atoms in total. The highest BCUT2D eigenvalue weighted by atomic mass is 16.6. The maximum absolute atomic E-state index is 12.3. The quantitative estimate of drug-likeness (QED) is 0.585. The summed E-state index contributed by atoms with van der Waals surface area (Å²) in [5.41, 5.74) is 1.46. The first kappa shape index (κ1) is 23.4. The third kappa shape index (κ3) is 7.87. The molecule has 2 aromatic carbocycles. The van der Waals surface area contributed by atoms with Crippen molar-refractivity contribution in [3.63, 3.8) is 0 Å². The summed E-state index contributed by atoms with van der Waals surface area (Å²) in [6.07, 6.45) is 0.408. The molecule has 162 valence electrons. The van der Waals surface area contributed by atoms with Crippen LogP contribution in [0.4, 0.5) is 0 Å². The van der Waals surface area contributed by atoms with Crippen molar-refractivity contribution in [2.75, 3.05) is 20.7 Å². The van der Waals surface area contributed by atoms with Crippen molar-refractivity contribution in [1.29, 1.82) is 0 Å². The van der Waals surface area contributed by atoms with Crippen molar-refractivity contribution in [2.45, 2.75) is 45.4 Å². The third-order valence-electron chi connectivity index (χ3n) is 4.40. The molecule has 0 aromatic heterocycles. The number of hydrogen-bond acceptors (Lipinski definition) is 6. The Kier molecular flexibility index (Phi) is 8.42. The van der Waals surface area contributed by atoms with E-state index in [1.54, 1.807) is 11.9 Å². The molecule has 0 spiro atoms. The van der Waals surface area contributed by atoms with E-state index in [0.717, 1.165) is 16.9 Å². The molecule has 30 heavy (non-hydrogen) atoms. The fraction of sp³-hybridized carbons (Fsp3) is 0.417. The van der Waals surface area contributed by atoms with Gasteiger partial charge in [-0.2, -0.15) is 0 Å². The highest BCUT2D eigenvalue weighted by Crippen LogP contribution is 2.17. The summed E-state index contributed by atoms with van der Waals surface area (Å²) in [6.45, 7) is 5.91. The predicted octanol–water partition coefficient (Wildman–Crippen LogP) is 3.62. The SMILES string of the molecule is COC(=O)[C@H](Cc1ccc(OCc2ccccc2)cc1)N(C)CC(=O)OC(C)(C)C. The first-order valence-electron chi connectivity index (χ1n) is 9.93. The Bertz CT molecular complexity index is 812. The second-order valence-corrected chi connectivity index (χ2v) is 8.16. The third-order valence-corrected chi connectivity index (χ3v) is 4.40. The monoisotopic (exact) mass is 413 g/mol. The summed E-state index contributed by atoms with van der Waals surface area (Å²) in [5.74, 6) is -0.0339. The van der Waals surface area contributed by atoms with Gasteiger partial charge in [0.1, 0.15) is 24.0 Å². The number of esters is 2. The Morgan fingerprint density at radius 3 is 2.17 bits per heavy atom. The van der Waals surface area contributed by atoms with Crippen LogP contribution in [0.5, 0.6) is 5.75 Å². The zero-order chi connectivity index (χ0) is 22.1. The molecule has 1 atom stereocenters. The van der Waals surface area contributed by atoms with E-state index in [2.05, 4.69) is 0 Å².